The summed E-state index contributed by atoms with van der Waals surface area (Å²) < 4.78 is 31.5. The van der Waals surface area contributed by atoms with E-state index in [2.05, 4.69) is 5.32 Å². The number of carbonyl (C=O) groups excluding carboxylic acids is 1. The number of hydrogen-bond acceptors (Lipinski definition) is 5. The summed E-state index contributed by atoms with van der Waals surface area (Å²) in [7, 11) is 0.446. The summed E-state index contributed by atoms with van der Waals surface area (Å²) in [5.41, 5.74) is 2.60. The molecule has 0 spiro atoms. The van der Waals surface area contributed by atoms with E-state index in [9.17, 15) is 13.2 Å². The lowest BCUT2D eigenvalue weighted by Gasteiger charge is -2.24. The molecule has 0 radical (unpaired) electrons. The van der Waals surface area contributed by atoms with Crippen molar-refractivity contribution >= 4 is 27.3 Å². The van der Waals surface area contributed by atoms with Crippen LogP contribution in [0.3, 0.4) is 0 Å². The molecule has 164 valence electrons. The van der Waals surface area contributed by atoms with Crippen LogP contribution in [0.4, 0.5) is 11.4 Å². The largest absolute Gasteiger partial charge is 0.492 e. The highest BCUT2D eigenvalue weighted by molar-refractivity contribution is 7.92. The van der Waals surface area contributed by atoms with Gasteiger partial charge in [0.1, 0.15) is 5.75 Å². The lowest BCUT2D eigenvalue weighted by Crippen LogP contribution is -2.32. The van der Waals surface area contributed by atoms with E-state index in [4.69, 9.17) is 4.74 Å². The van der Waals surface area contributed by atoms with Gasteiger partial charge in [0, 0.05) is 39.3 Å². The summed E-state index contributed by atoms with van der Waals surface area (Å²) in [4.78, 5) is 14.2. The van der Waals surface area contributed by atoms with E-state index < -0.39 is 10.0 Å². The minimum absolute atomic E-state index is 0.113. The van der Waals surface area contributed by atoms with Crippen LogP contribution in [0.2, 0.25) is 0 Å². The summed E-state index contributed by atoms with van der Waals surface area (Å²) in [6.07, 6.45) is 1.80. The monoisotopic (exact) mass is 433 g/mol. The Kier molecular flexibility index (Phi) is 8.53. The van der Waals surface area contributed by atoms with Crippen molar-refractivity contribution in [2.75, 3.05) is 42.7 Å². The Labute approximate surface area is 179 Å². The molecular weight excluding hydrogens is 402 g/mol. The van der Waals surface area contributed by atoms with Crippen LogP contribution >= 0.6 is 0 Å². The molecule has 0 heterocycles. The Morgan fingerprint density at radius 2 is 1.73 bits per heavy atom. The van der Waals surface area contributed by atoms with Crippen LogP contribution in [0.15, 0.2) is 48.5 Å². The SMILES string of the molecule is CCOc1ccccc1N(CCCC(=O)NCc1ccc(N(C)C)cc1)S(C)(=O)=O. The zero-order valence-corrected chi connectivity index (χ0v) is 18.9. The van der Waals surface area contributed by atoms with E-state index in [1.165, 1.54) is 4.31 Å². The second-order valence-corrected chi connectivity index (χ2v) is 9.08. The highest BCUT2D eigenvalue weighted by Crippen LogP contribution is 2.30. The molecule has 0 aliphatic rings. The predicted octanol–water partition coefficient (Wildman–Crippen LogP) is 3.01. The van der Waals surface area contributed by atoms with E-state index in [0.717, 1.165) is 17.5 Å². The average Bonchev–Trinajstić information content (AvgIpc) is 2.70. The first-order valence-corrected chi connectivity index (χ1v) is 11.8. The van der Waals surface area contributed by atoms with Gasteiger partial charge in [0.2, 0.25) is 15.9 Å². The minimum atomic E-state index is -3.51. The van der Waals surface area contributed by atoms with Gasteiger partial charge in [-0.1, -0.05) is 24.3 Å². The van der Waals surface area contributed by atoms with Crippen molar-refractivity contribution in [2.45, 2.75) is 26.3 Å². The zero-order chi connectivity index (χ0) is 22.1. The van der Waals surface area contributed by atoms with E-state index in [1.807, 2.05) is 50.2 Å². The van der Waals surface area contributed by atoms with Gasteiger partial charge in [-0.15, -0.1) is 0 Å². The van der Waals surface area contributed by atoms with Crippen molar-refractivity contribution in [3.63, 3.8) is 0 Å². The fourth-order valence-corrected chi connectivity index (χ4v) is 3.96. The maximum absolute atomic E-state index is 12.3. The van der Waals surface area contributed by atoms with Crippen LogP contribution in [0.5, 0.6) is 5.75 Å². The van der Waals surface area contributed by atoms with Gasteiger partial charge in [0.25, 0.3) is 0 Å². The molecule has 8 heteroatoms. The van der Waals surface area contributed by atoms with Crippen LogP contribution in [-0.2, 0) is 21.4 Å². The van der Waals surface area contributed by atoms with Gasteiger partial charge in [-0.05, 0) is 43.2 Å². The van der Waals surface area contributed by atoms with Crippen LogP contribution in [-0.4, -0.2) is 47.8 Å². The van der Waals surface area contributed by atoms with Gasteiger partial charge < -0.3 is 15.0 Å². The Morgan fingerprint density at radius 1 is 1.07 bits per heavy atom. The standard InChI is InChI=1S/C22H31N3O4S/c1-5-29-21-10-7-6-9-20(21)25(30(4,27)28)16-8-11-22(26)23-17-18-12-14-19(15-13-18)24(2)3/h6-7,9-10,12-15H,5,8,11,16-17H2,1-4H3,(H,23,26). The molecular formula is C22H31N3O4S. The lowest BCUT2D eigenvalue weighted by atomic mass is 10.2. The Balaban J connectivity index is 1.91. The number of nitrogens with zero attached hydrogens (tertiary/aromatic N) is 2. The van der Waals surface area contributed by atoms with E-state index in [1.54, 1.807) is 24.3 Å². The minimum Gasteiger partial charge on any atom is -0.492 e. The first-order chi connectivity index (χ1) is 14.2. The van der Waals surface area contributed by atoms with Crippen molar-refractivity contribution < 1.29 is 17.9 Å². The molecule has 1 amide bonds. The van der Waals surface area contributed by atoms with Crippen molar-refractivity contribution in [1.29, 1.82) is 0 Å². The molecule has 0 saturated carbocycles. The number of ether oxygens (including phenoxy) is 1. The van der Waals surface area contributed by atoms with Crippen molar-refractivity contribution in [1.82, 2.24) is 5.32 Å². The maximum atomic E-state index is 12.3. The van der Waals surface area contributed by atoms with E-state index in [0.29, 0.717) is 31.0 Å². The van der Waals surface area contributed by atoms with Gasteiger partial charge in [0.05, 0.1) is 18.6 Å². The van der Waals surface area contributed by atoms with Gasteiger partial charge in [0.15, 0.2) is 0 Å². The number of anilines is 2. The number of carbonyl (C=O) groups is 1. The van der Waals surface area contributed by atoms with Crippen LogP contribution in [0.25, 0.3) is 0 Å². The van der Waals surface area contributed by atoms with Crippen molar-refractivity contribution in [2.24, 2.45) is 0 Å². The third kappa shape index (κ3) is 6.95. The quantitative estimate of drug-likeness (QED) is 0.589. The Hall–Kier alpha value is -2.74. The number of nitrogens with one attached hydrogen (secondary N) is 1. The second-order valence-electron chi connectivity index (χ2n) is 7.18. The fourth-order valence-electron chi connectivity index (χ4n) is 2.99. The van der Waals surface area contributed by atoms with E-state index >= 15 is 0 Å². The highest BCUT2D eigenvalue weighted by Gasteiger charge is 2.21. The van der Waals surface area contributed by atoms with Crippen LogP contribution in [0, 0.1) is 0 Å². The fraction of sp³-hybridized carbons (Fsp3) is 0.409. The predicted molar refractivity (Wildman–Crippen MR) is 122 cm³/mol. The molecule has 0 saturated heterocycles. The normalized spacial score (nSPS) is 11.1. The van der Waals surface area contributed by atoms with Crippen molar-refractivity contribution in [3.05, 3.63) is 54.1 Å². The van der Waals surface area contributed by atoms with Crippen molar-refractivity contribution in [3.8, 4) is 5.75 Å². The lowest BCUT2D eigenvalue weighted by molar-refractivity contribution is -0.121. The summed E-state index contributed by atoms with van der Waals surface area (Å²) in [6, 6.07) is 15.0. The number of amides is 1. The van der Waals surface area contributed by atoms with Gasteiger partial charge in [-0.25, -0.2) is 8.42 Å². The number of hydrogen-bond donors (Lipinski definition) is 1. The molecule has 0 unspecified atom stereocenters. The number of benzene rings is 2. The molecule has 30 heavy (non-hydrogen) atoms. The molecule has 2 aromatic carbocycles. The molecule has 0 aliphatic carbocycles. The molecule has 1 N–H and O–H groups in total. The van der Waals surface area contributed by atoms with Gasteiger partial charge in [-0.3, -0.25) is 9.10 Å². The average molecular weight is 434 g/mol. The smallest absolute Gasteiger partial charge is 0.232 e. The van der Waals surface area contributed by atoms with Crippen LogP contribution < -0.4 is 19.3 Å². The number of sulfonamides is 1. The number of para-hydroxylation sites is 2. The molecule has 2 aromatic rings. The maximum Gasteiger partial charge on any atom is 0.232 e. The summed E-state index contributed by atoms with van der Waals surface area (Å²) in [6.45, 7) is 2.93. The highest BCUT2D eigenvalue weighted by atomic mass is 32.2. The third-order valence-corrected chi connectivity index (χ3v) is 5.72. The molecule has 7 nitrogen and oxygen atoms in total. The molecule has 0 aromatic heterocycles. The first-order valence-electron chi connectivity index (χ1n) is 9.95. The van der Waals surface area contributed by atoms with Crippen LogP contribution in [0.1, 0.15) is 25.3 Å². The van der Waals surface area contributed by atoms with Gasteiger partial charge in [-0.2, -0.15) is 0 Å². The molecule has 0 fully saturated rings. The summed E-state index contributed by atoms with van der Waals surface area (Å²) >= 11 is 0. The molecule has 2 rings (SSSR count). The second kappa shape index (κ2) is 10.9. The Morgan fingerprint density at radius 3 is 2.33 bits per heavy atom. The molecule has 0 aliphatic heterocycles. The summed E-state index contributed by atoms with van der Waals surface area (Å²) in [5, 5.41) is 2.89. The molecule has 0 atom stereocenters. The molecule has 0 bridgehead atoms. The third-order valence-electron chi connectivity index (χ3n) is 4.54. The van der Waals surface area contributed by atoms with E-state index in [-0.39, 0.29) is 18.9 Å². The summed E-state index contributed by atoms with van der Waals surface area (Å²) in [5.74, 6) is 0.397. The van der Waals surface area contributed by atoms with Gasteiger partial charge >= 0.3 is 0 Å². The topological polar surface area (TPSA) is 79.0 Å². The first kappa shape index (κ1) is 23.5. The Bertz CT molecular complexity index is 928. The zero-order valence-electron chi connectivity index (χ0n) is 18.1. The number of rotatable bonds is 11.